The van der Waals surface area contributed by atoms with Crippen LogP contribution in [-0.4, -0.2) is 30.6 Å². The highest BCUT2D eigenvalue weighted by atomic mass is 127. The molecule has 1 fully saturated rings. The first kappa shape index (κ1) is 20.9. The number of benzene rings is 2. The standard InChI is InChI=1S/C22H28N4O.HI/c23-22(25-20-11-14-27-21-10-4-3-9-19(20)21)24-15-17-7-1-2-8-18(17)16-26-12-5-6-13-26;/h1-4,7-10,20H,5-6,11-16H2,(H3,23,24,25);1H. The molecule has 0 spiro atoms. The van der Waals surface area contributed by atoms with E-state index in [-0.39, 0.29) is 30.0 Å². The number of para-hydroxylation sites is 1. The van der Waals surface area contributed by atoms with E-state index in [1.165, 1.54) is 37.1 Å². The summed E-state index contributed by atoms with van der Waals surface area (Å²) in [4.78, 5) is 7.14. The lowest BCUT2D eigenvalue weighted by Crippen LogP contribution is -2.37. The van der Waals surface area contributed by atoms with E-state index in [9.17, 15) is 0 Å². The Morgan fingerprint density at radius 3 is 2.61 bits per heavy atom. The molecule has 2 heterocycles. The number of hydrogen-bond acceptors (Lipinski definition) is 3. The van der Waals surface area contributed by atoms with Crippen LogP contribution in [-0.2, 0) is 13.1 Å². The molecule has 0 amide bonds. The third-order valence-electron chi connectivity index (χ3n) is 5.41. The first-order chi connectivity index (χ1) is 13.3. The van der Waals surface area contributed by atoms with E-state index in [1.807, 2.05) is 18.2 Å². The number of nitrogens with one attached hydrogen (secondary N) is 1. The number of hydrogen-bond donors (Lipinski definition) is 2. The number of nitrogens with zero attached hydrogens (tertiary/aromatic N) is 2. The van der Waals surface area contributed by atoms with Gasteiger partial charge >= 0.3 is 0 Å². The molecule has 2 aliphatic heterocycles. The van der Waals surface area contributed by atoms with Crippen molar-refractivity contribution in [3.63, 3.8) is 0 Å². The summed E-state index contributed by atoms with van der Waals surface area (Å²) in [5.41, 5.74) is 9.97. The molecule has 0 aromatic heterocycles. The lowest BCUT2D eigenvalue weighted by atomic mass is 10.0. The third-order valence-corrected chi connectivity index (χ3v) is 5.41. The lowest BCUT2D eigenvalue weighted by molar-refractivity contribution is 0.262. The van der Waals surface area contributed by atoms with Crippen LogP contribution in [0, 0.1) is 0 Å². The molecule has 5 nitrogen and oxygen atoms in total. The Morgan fingerprint density at radius 2 is 1.79 bits per heavy atom. The summed E-state index contributed by atoms with van der Waals surface area (Å²) >= 11 is 0. The zero-order valence-electron chi connectivity index (χ0n) is 16.1. The molecule has 6 heteroatoms. The van der Waals surface area contributed by atoms with E-state index in [2.05, 4.69) is 45.5 Å². The fourth-order valence-corrected chi connectivity index (χ4v) is 3.93. The second-order valence-electron chi connectivity index (χ2n) is 7.33. The Kier molecular flexibility index (Phi) is 7.56. The molecule has 0 bridgehead atoms. The normalized spacial score (nSPS) is 19.4. The van der Waals surface area contributed by atoms with E-state index in [0.29, 0.717) is 19.1 Å². The summed E-state index contributed by atoms with van der Waals surface area (Å²) in [6.07, 6.45) is 3.51. The predicted molar refractivity (Wildman–Crippen MR) is 124 cm³/mol. The topological polar surface area (TPSA) is 62.9 Å². The van der Waals surface area contributed by atoms with Crippen molar-refractivity contribution in [2.45, 2.75) is 38.4 Å². The summed E-state index contributed by atoms with van der Waals surface area (Å²) in [5, 5.41) is 3.38. The van der Waals surface area contributed by atoms with Gasteiger partial charge in [0.15, 0.2) is 5.96 Å². The van der Waals surface area contributed by atoms with Gasteiger partial charge in [-0.05, 0) is 43.1 Å². The number of nitrogens with two attached hydrogens (primary N) is 1. The van der Waals surface area contributed by atoms with Crippen molar-refractivity contribution in [3.05, 3.63) is 65.2 Å². The van der Waals surface area contributed by atoms with Gasteiger partial charge in [-0.2, -0.15) is 0 Å². The van der Waals surface area contributed by atoms with Crippen molar-refractivity contribution >= 4 is 29.9 Å². The van der Waals surface area contributed by atoms with Gasteiger partial charge in [0.25, 0.3) is 0 Å². The second-order valence-corrected chi connectivity index (χ2v) is 7.33. The van der Waals surface area contributed by atoms with Gasteiger partial charge in [-0.3, -0.25) is 4.90 Å². The highest BCUT2D eigenvalue weighted by Gasteiger charge is 2.21. The van der Waals surface area contributed by atoms with Crippen LogP contribution in [0.15, 0.2) is 53.5 Å². The quantitative estimate of drug-likeness (QED) is 0.379. The summed E-state index contributed by atoms with van der Waals surface area (Å²) in [6, 6.07) is 16.8. The molecule has 0 saturated carbocycles. The number of fused-ring (bicyclic) bond motifs is 1. The molecule has 4 rings (SSSR count). The van der Waals surface area contributed by atoms with Crippen molar-refractivity contribution in [1.29, 1.82) is 0 Å². The SMILES string of the molecule is I.NC(=NCc1ccccc1CN1CCCC1)NC1CCOc2ccccc21. The average Bonchev–Trinajstić information content (AvgIpc) is 3.21. The first-order valence-electron chi connectivity index (χ1n) is 9.87. The van der Waals surface area contributed by atoms with E-state index in [1.54, 1.807) is 0 Å². The van der Waals surface area contributed by atoms with Crippen LogP contribution in [0.25, 0.3) is 0 Å². The number of likely N-dealkylation sites (tertiary alicyclic amines) is 1. The van der Waals surface area contributed by atoms with Crippen LogP contribution >= 0.6 is 24.0 Å². The Bertz CT molecular complexity index is 805. The predicted octanol–water partition coefficient (Wildman–Crippen LogP) is 3.83. The summed E-state index contributed by atoms with van der Waals surface area (Å²) < 4.78 is 5.72. The molecule has 1 atom stereocenters. The zero-order valence-corrected chi connectivity index (χ0v) is 18.5. The largest absolute Gasteiger partial charge is 0.493 e. The minimum Gasteiger partial charge on any atom is -0.493 e. The van der Waals surface area contributed by atoms with Crippen LogP contribution in [0.2, 0.25) is 0 Å². The maximum atomic E-state index is 6.21. The smallest absolute Gasteiger partial charge is 0.189 e. The van der Waals surface area contributed by atoms with Gasteiger partial charge in [0.05, 0.1) is 19.2 Å². The summed E-state index contributed by atoms with van der Waals surface area (Å²) in [7, 11) is 0. The molecule has 0 aliphatic carbocycles. The van der Waals surface area contributed by atoms with Crippen LogP contribution in [0.4, 0.5) is 0 Å². The van der Waals surface area contributed by atoms with Crippen molar-refractivity contribution < 1.29 is 4.74 Å². The number of aliphatic imine (C=N–C) groups is 1. The third kappa shape index (κ3) is 5.17. The molecular formula is C22H29IN4O. The van der Waals surface area contributed by atoms with E-state index < -0.39 is 0 Å². The van der Waals surface area contributed by atoms with Gasteiger partial charge in [0, 0.05) is 18.5 Å². The van der Waals surface area contributed by atoms with Gasteiger partial charge in [-0.1, -0.05) is 42.5 Å². The molecule has 1 unspecified atom stereocenters. The van der Waals surface area contributed by atoms with Gasteiger partial charge in [0.1, 0.15) is 5.75 Å². The highest BCUT2D eigenvalue weighted by molar-refractivity contribution is 14.0. The molecule has 3 N–H and O–H groups in total. The first-order valence-corrected chi connectivity index (χ1v) is 9.87. The molecule has 2 aromatic carbocycles. The molecule has 0 radical (unpaired) electrons. The number of halogens is 1. The molecule has 2 aliphatic rings. The number of rotatable bonds is 5. The minimum absolute atomic E-state index is 0. The monoisotopic (exact) mass is 492 g/mol. The molecule has 1 saturated heterocycles. The molecular weight excluding hydrogens is 463 g/mol. The minimum atomic E-state index is 0. The Hall–Kier alpha value is -1.80. The van der Waals surface area contributed by atoms with Crippen molar-refractivity contribution in [3.8, 4) is 5.75 Å². The Balaban J connectivity index is 0.00000225. The average molecular weight is 492 g/mol. The Morgan fingerprint density at radius 1 is 1.07 bits per heavy atom. The van der Waals surface area contributed by atoms with Crippen LogP contribution in [0.5, 0.6) is 5.75 Å². The summed E-state index contributed by atoms with van der Waals surface area (Å²) in [6.45, 7) is 4.70. The van der Waals surface area contributed by atoms with Gasteiger partial charge < -0.3 is 15.8 Å². The maximum absolute atomic E-state index is 6.21. The van der Waals surface area contributed by atoms with Gasteiger partial charge in [-0.25, -0.2) is 4.99 Å². The van der Waals surface area contributed by atoms with Crippen LogP contribution < -0.4 is 15.8 Å². The van der Waals surface area contributed by atoms with Crippen LogP contribution in [0.1, 0.15) is 42.0 Å². The fraction of sp³-hybridized carbons (Fsp3) is 0.409. The van der Waals surface area contributed by atoms with E-state index >= 15 is 0 Å². The highest BCUT2D eigenvalue weighted by Crippen LogP contribution is 2.31. The van der Waals surface area contributed by atoms with Gasteiger partial charge in [0.2, 0.25) is 0 Å². The molecule has 150 valence electrons. The molecule has 28 heavy (non-hydrogen) atoms. The second kappa shape index (κ2) is 10.1. The van der Waals surface area contributed by atoms with Crippen molar-refractivity contribution in [2.24, 2.45) is 10.7 Å². The van der Waals surface area contributed by atoms with Gasteiger partial charge in [-0.15, -0.1) is 24.0 Å². The van der Waals surface area contributed by atoms with Crippen LogP contribution in [0.3, 0.4) is 0 Å². The fourth-order valence-electron chi connectivity index (χ4n) is 3.93. The zero-order chi connectivity index (χ0) is 18.5. The van der Waals surface area contributed by atoms with Crippen molar-refractivity contribution in [1.82, 2.24) is 10.2 Å². The van der Waals surface area contributed by atoms with E-state index in [0.717, 1.165) is 24.3 Å². The lowest BCUT2D eigenvalue weighted by Gasteiger charge is -2.27. The Labute approximate surface area is 184 Å². The van der Waals surface area contributed by atoms with E-state index in [4.69, 9.17) is 10.5 Å². The maximum Gasteiger partial charge on any atom is 0.189 e. The molecule has 2 aromatic rings. The van der Waals surface area contributed by atoms with Crippen molar-refractivity contribution in [2.75, 3.05) is 19.7 Å². The summed E-state index contributed by atoms with van der Waals surface area (Å²) in [5.74, 6) is 1.43. The number of ether oxygens (including phenoxy) is 1. The number of guanidine groups is 1.